The first-order valence-electron chi connectivity index (χ1n) is 8.21. The Kier molecular flexibility index (Phi) is 6.76. The van der Waals surface area contributed by atoms with Crippen molar-refractivity contribution in [2.24, 2.45) is 5.73 Å². The Balaban J connectivity index is 1.97. The quantitative estimate of drug-likeness (QED) is 0.640. The first-order valence-corrected chi connectivity index (χ1v) is 9.00. The molecule has 2 aromatic rings. The minimum Gasteiger partial charge on any atom is -0.496 e. The molecule has 26 heavy (non-hydrogen) atoms. The molecule has 0 saturated heterocycles. The number of carbonyl (C=O) groups excluding carboxylic acids is 2. The zero-order valence-corrected chi connectivity index (χ0v) is 16.5. The van der Waals surface area contributed by atoms with Gasteiger partial charge < -0.3 is 21.1 Å². The molecule has 2 rings (SSSR count). The number of quaternary nitrogens is 1. The number of methoxy groups -OCH3 is 1. The minimum atomic E-state index is -0.496. The highest BCUT2D eigenvalue weighted by Crippen LogP contribution is 2.27. The molecule has 0 aliphatic rings. The van der Waals surface area contributed by atoms with E-state index in [4.69, 9.17) is 10.5 Å². The Morgan fingerprint density at radius 2 is 1.81 bits per heavy atom. The van der Waals surface area contributed by atoms with Crippen LogP contribution in [-0.4, -0.2) is 25.0 Å². The molecule has 5 N–H and O–H groups in total. The van der Waals surface area contributed by atoms with Crippen LogP contribution >= 0.6 is 15.9 Å². The number of rotatable bonds is 7. The lowest BCUT2D eigenvalue weighted by atomic mass is 10.1. The third-order valence-corrected chi connectivity index (χ3v) is 4.75. The summed E-state index contributed by atoms with van der Waals surface area (Å²) < 4.78 is 6.12. The summed E-state index contributed by atoms with van der Waals surface area (Å²) >= 11 is 3.48. The highest BCUT2D eigenvalue weighted by atomic mass is 79.9. The summed E-state index contributed by atoms with van der Waals surface area (Å²) in [6.45, 7) is 3.89. The lowest BCUT2D eigenvalue weighted by molar-refractivity contribution is -0.709. The van der Waals surface area contributed by atoms with Crippen LogP contribution in [0.1, 0.15) is 35.8 Å². The third-order valence-electron chi connectivity index (χ3n) is 4.13. The second-order valence-corrected chi connectivity index (χ2v) is 6.95. The number of amides is 2. The van der Waals surface area contributed by atoms with Crippen LogP contribution in [0.25, 0.3) is 0 Å². The molecule has 0 saturated carbocycles. The van der Waals surface area contributed by atoms with Crippen LogP contribution in [0.2, 0.25) is 0 Å². The largest absolute Gasteiger partial charge is 0.496 e. The van der Waals surface area contributed by atoms with Crippen LogP contribution in [0.15, 0.2) is 46.9 Å². The van der Waals surface area contributed by atoms with Crippen molar-refractivity contribution in [3.63, 3.8) is 0 Å². The molecule has 2 atom stereocenters. The van der Waals surface area contributed by atoms with E-state index in [2.05, 4.69) is 21.2 Å². The summed E-state index contributed by atoms with van der Waals surface area (Å²) in [6.07, 6.45) is 0. The fourth-order valence-electron chi connectivity index (χ4n) is 2.57. The van der Waals surface area contributed by atoms with E-state index in [1.807, 2.05) is 37.4 Å². The van der Waals surface area contributed by atoms with Crippen LogP contribution in [0.5, 0.6) is 5.75 Å². The van der Waals surface area contributed by atoms with Gasteiger partial charge >= 0.3 is 0 Å². The number of ether oxygens (including phenoxy) is 1. The van der Waals surface area contributed by atoms with Gasteiger partial charge in [0.2, 0.25) is 5.91 Å². The van der Waals surface area contributed by atoms with Gasteiger partial charge in [0.15, 0.2) is 6.04 Å². The zero-order chi connectivity index (χ0) is 19.3. The molecule has 0 aliphatic carbocycles. The second kappa shape index (κ2) is 8.82. The first-order chi connectivity index (χ1) is 12.3. The molecule has 2 aromatic carbocycles. The number of hydrogen-bond donors (Lipinski definition) is 3. The number of anilines is 1. The number of benzene rings is 2. The van der Waals surface area contributed by atoms with E-state index >= 15 is 0 Å². The maximum Gasteiger partial charge on any atom is 0.282 e. The molecular formula is C19H23BrN3O3+. The molecule has 0 unspecified atom stereocenters. The summed E-state index contributed by atoms with van der Waals surface area (Å²) in [5, 5.41) is 4.83. The monoisotopic (exact) mass is 420 g/mol. The first kappa shape index (κ1) is 19.9. The summed E-state index contributed by atoms with van der Waals surface area (Å²) in [7, 11) is 1.62. The summed E-state index contributed by atoms with van der Waals surface area (Å²) in [4.78, 5) is 23.5. The smallest absolute Gasteiger partial charge is 0.282 e. The molecule has 0 bridgehead atoms. The van der Waals surface area contributed by atoms with Crippen LogP contribution in [-0.2, 0) is 4.79 Å². The highest BCUT2D eigenvalue weighted by Gasteiger charge is 2.21. The van der Waals surface area contributed by atoms with E-state index in [1.54, 1.807) is 31.4 Å². The van der Waals surface area contributed by atoms with Crippen LogP contribution in [0.3, 0.4) is 0 Å². The fraction of sp³-hybridized carbons (Fsp3) is 0.263. The average Bonchev–Trinajstić information content (AvgIpc) is 2.61. The predicted octanol–water partition coefficient (Wildman–Crippen LogP) is 2.21. The van der Waals surface area contributed by atoms with Gasteiger partial charge in [0, 0.05) is 16.8 Å². The number of halogens is 1. The van der Waals surface area contributed by atoms with Crippen molar-refractivity contribution in [1.82, 2.24) is 0 Å². The third kappa shape index (κ3) is 5.06. The normalized spacial score (nSPS) is 12.9. The Hall–Kier alpha value is -2.38. The average molecular weight is 421 g/mol. The number of nitrogens with one attached hydrogen (secondary N) is 1. The zero-order valence-electron chi connectivity index (χ0n) is 15.0. The van der Waals surface area contributed by atoms with Gasteiger partial charge in [0.1, 0.15) is 11.8 Å². The second-order valence-electron chi connectivity index (χ2n) is 6.09. The molecule has 2 amide bonds. The van der Waals surface area contributed by atoms with Gasteiger partial charge in [-0.1, -0.05) is 0 Å². The molecule has 138 valence electrons. The Bertz CT molecular complexity index is 793. The van der Waals surface area contributed by atoms with Crippen LogP contribution < -0.4 is 21.1 Å². The van der Waals surface area contributed by atoms with E-state index in [0.717, 1.165) is 15.8 Å². The Morgan fingerprint density at radius 1 is 1.15 bits per heavy atom. The fourth-order valence-corrected chi connectivity index (χ4v) is 3.13. The van der Waals surface area contributed by atoms with Gasteiger partial charge in [-0.25, -0.2) is 0 Å². The van der Waals surface area contributed by atoms with Crippen molar-refractivity contribution in [2.75, 3.05) is 12.4 Å². The number of primary amides is 1. The molecular weight excluding hydrogens is 398 g/mol. The summed E-state index contributed by atoms with van der Waals surface area (Å²) in [5.74, 6) is 0.159. The topological polar surface area (TPSA) is 98.0 Å². The Labute approximate surface area is 161 Å². The summed E-state index contributed by atoms with van der Waals surface area (Å²) in [6, 6.07) is 12.2. The van der Waals surface area contributed by atoms with E-state index in [-0.39, 0.29) is 18.0 Å². The standard InChI is InChI=1S/C19H22BrN3O3/c1-11(14-6-9-17(26-3)16(20)10-14)22-12(2)19(25)23-15-7-4-13(5-8-15)18(21)24/h4-12,22H,1-3H3,(H2,21,24)(H,23,25)/p+1/t11-,12-/m1/s1. The van der Waals surface area contributed by atoms with Crippen molar-refractivity contribution >= 4 is 33.4 Å². The van der Waals surface area contributed by atoms with E-state index in [1.165, 1.54) is 0 Å². The van der Waals surface area contributed by atoms with Gasteiger partial charge in [-0.2, -0.15) is 0 Å². The predicted molar refractivity (Wildman–Crippen MR) is 104 cm³/mol. The molecule has 0 fully saturated rings. The molecule has 6 nitrogen and oxygen atoms in total. The molecule has 0 aromatic heterocycles. The van der Waals surface area contributed by atoms with Gasteiger partial charge in [-0.15, -0.1) is 0 Å². The van der Waals surface area contributed by atoms with Crippen molar-refractivity contribution in [1.29, 1.82) is 0 Å². The highest BCUT2D eigenvalue weighted by molar-refractivity contribution is 9.10. The van der Waals surface area contributed by atoms with Crippen LogP contribution in [0, 0.1) is 0 Å². The van der Waals surface area contributed by atoms with E-state index in [0.29, 0.717) is 11.3 Å². The van der Waals surface area contributed by atoms with Crippen molar-refractivity contribution < 1.29 is 19.6 Å². The van der Waals surface area contributed by atoms with Crippen molar-refractivity contribution in [3.05, 3.63) is 58.1 Å². The van der Waals surface area contributed by atoms with Gasteiger partial charge in [0.25, 0.3) is 5.91 Å². The van der Waals surface area contributed by atoms with Crippen LogP contribution in [0.4, 0.5) is 5.69 Å². The van der Waals surface area contributed by atoms with Gasteiger partial charge in [0.05, 0.1) is 11.6 Å². The lowest BCUT2D eigenvalue weighted by Crippen LogP contribution is -2.91. The molecule has 0 radical (unpaired) electrons. The summed E-state index contributed by atoms with van der Waals surface area (Å²) in [5.41, 5.74) is 7.33. The minimum absolute atomic E-state index is 0.0928. The SMILES string of the molecule is COc1ccc([C@@H](C)[NH2+][C@H](C)C(=O)Nc2ccc(C(N)=O)cc2)cc1Br. The van der Waals surface area contributed by atoms with Gasteiger partial charge in [-0.3, -0.25) is 9.59 Å². The van der Waals surface area contributed by atoms with Gasteiger partial charge in [-0.05, 0) is 72.2 Å². The number of hydrogen-bond acceptors (Lipinski definition) is 3. The molecule has 7 heteroatoms. The molecule has 0 heterocycles. The molecule has 0 spiro atoms. The maximum atomic E-state index is 12.4. The van der Waals surface area contributed by atoms with E-state index in [9.17, 15) is 9.59 Å². The van der Waals surface area contributed by atoms with E-state index < -0.39 is 5.91 Å². The van der Waals surface area contributed by atoms with Crippen molar-refractivity contribution in [3.8, 4) is 5.75 Å². The Morgan fingerprint density at radius 3 is 2.35 bits per heavy atom. The number of carbonyl (C=O) groups is 2. The maximum absolute atomic E-state index is 12.4. The lowest BCUT2D eigenvalue weighted by Gasteiger charge is -2.17. The molecule has 0 aliphatic heterocycles. The van der Waals surface area contributed by atoms with Crippen molar-refractivity contribution in [2.45, 2.75) is 25.9 Å². The number of nitrogens with two attached hydrogens (primary N) is 2.